The van der Waals surface area contributed by atoms with Gasteiger partial charge in [0.05, 0.1) is 7.11 Å². The van der Waals surface area contributed by atoms with Crippen LogP contribution in [0.1, 0.15) is 44.1 Å². The minimum Gasteiger partial charge on any atom is -0.493 e. The van der Waals surface area contributed by atoms with Gasteiger partial charge in [-0.05, 0) is 54.9 Å². The Balaban J connectivity index is 1.82. The zero-order chi connectivity index (χ0) is 14.7. The lowest BCUT2D eigenvalue weighted by Crippen LogP contribution is -2.33. The molecule has 3 rings (SSSR count). The van der Waals surface area contributed by atoms with Gasteiger partial charge in [-0.2, -0.15) is 11.8 Å². The van der Waals surface area contributed by atoms with E-state index >= 15 is 0 Å². The predicted octanol–water partition coefficient (Wildman–Crippen LogP) is 3.70. The molecular weight excluding hydrogens is 282 g/mol. The van der Waals surface area contributed by atoms with Crippen molar-refractivity contribution in [2.24, 2.45) is 5.73 Å². The van der Waals surface area contributed by atoms with E-state index in [-0.39, 0.29) is 5.54 Å². The summed E-state index contributed by atoms with van der Waals surface area (Å²) in [6, 6.07) is 6.23. The lowest BCUT2D eigenvalue weighted by Gasteiger charge is -2.27. The van der Waals surface area contributed by atoms with E-state index in [1.165, 1.54) is 29.9 Å². The molecule has 4 heteroatoms. The fourth-order valence-corrected chi connectivity index (χ4v) is 4.41. The van der Waals surface area contributed by atoms with E-state index in [4.69, 9.17) is 15.2 Å². The summed E-state index contributed by atoms with van der Waals surface area (Å²) in [6.07, 6.45) is 7.12. The van der Waals surface area contributed by atoms with Crippen LogP contribution in [0.25, 0.3) is 0 Å². The van der Waals surface area contributed by atoms with Crippen LogP contribution in [0, 0.1) is 0 Å². The smallest absolute Gasteiger partial charge is 0.161 e. The normalized spacial score (nSPS) is 22.2. The average Bonchev–Trinajstić information content (AvgIpc) is 2.96. The molecule has 0 amide bonds. The van der Waals surface area contributed by atoms with E-state index in [2.05, 4.69) is 12.1 Å². The summed E-state index contributed by atoms with van der Waals surface area (Å²) in [7, 11) is 1.70. The zero-order valence-electron chi connectivity index (χ0n) is 12.8. The molecule has 1 aromatic rings. The van der Waals surface area contributed by atoms with Crippen LogP contribution in [0.5, 0.6) is 11.5 Å². The third-order valence-corrected chi connectivity index (χ3v) is 5.75. The second kappa shape index (κ2) is 6.49. The molecule has 0 unspecified atom stereocenters. The number of rotatable bonds is 4. The number of thioether (sulfide) groups is 1. The quantitative estimate of drug-likeness (QED) is 0.921. The van der Waals surface area contributed by atoms with Crippen LogP contribution in [0.3, 0.4) is 0 Å². The van der Waals surface area contributed by atoms with Gasteiger partial charge < -0.3 is 15.2 Å². The molecule has 3 nitrogen and oxygen atoms in total. The Morgan fingerprint density at radius 2 is 1.86 bits per heavy atom. The minimum absolute atomic E-state index is 0.174. The molecule has 1 saturated heterocycles. The Morgan fingerprint density at radius 3 is 2.52 bits per heavy atom. The fourth-order valence-electron chi connectivity index (χ4n) is 3.35. The number of benzene rings is 1. The van der Waals surface area contributed by atoms with Gasteiger partial charge >= 0.3 is 0 Å². The summed E-state index contributed by atoms with van der Waals surface area (Å²) in [5, 5.41) is 0. The second-order valence-electron chi connectivity index (χ2n) is 6.16. The van der Waals surface area contributed by atoms with Crippen LogP contribution in [-0.2, 0) is 5.54 Å². The number of ether oxygens (including phenoxy) is 2. The standard InChI is InChI=1S/C17H25NO2S/c1-19-15-5-4-13(17(18)8-2-3-9-17)12-16(15)20-14-6-10-21-11-7-14/h4-5,12,14H,2-3,6-11,18H2,1H3. The summed E-state index contributed by atoms with van der Waals surface area (Å²) in [5.74, 6) is 4.06. The monoisotopic (exact) mass is 307 g/mol. The summed E-state index contributed by atoms with van der Waals surface area (Å²) in [4.78, 5) is 0. The third-order valence-electron chi connectivity index (χ3n) is 4.70. The Labute approximate surface area is 131 Å². The topological polar surface area (TPSA) is 44.5 Å². The van der Waals surface area contributed by atoms with Crippen LogP contribution >= 0.6 is 11.8 Å². The zero-order valence-corrected chi connectivity index (χ0v) is 13.6. The Hall–Kier alpha value is -0.870. The van der Waals surface area contributed by atoms with Crippen molar-refractivity contribution in [1.29, 1.82) is 0 Å². The van der Waals surface area contributed by atoms with Crippen molar-refractivity contribution in [3.63, 3.8) is 0 Å². The largest absolute Gasteiger partial charge is 0.493 e. The van der Waals surface area contributed by atoms with Crippen LogP contribution in [0.4, 0.5) is 0 Å². The SMILES string of the molecule is COc1ccc(C2(N)CCCC2)cc1OC1CCSCC1. The molecule has 0 atom stereocenters. The summed E-state index contributed by atoms with van der Waals surface area (Å²) >= 11 is 2.01. The van der Waals surface area contributed by atoms with E-state index in [1.54, 1.807) is 7.11 Å². The van der Waals surface area contributed by atoms with Crippen LogP contribution in [0.15, 0.2) is 18.2 Å². The van der Waals surface area contributed by atoms with Crippen molar-refractivity contribution in [2.45, 2.75) is 50.2 Å². The molecule has 0 bridgehead atoms. The van der Waals surface area contributed by atoms with Gasteiger partial charge in [0.2, 0.25) is 0 Å². The lowest BCUT2D eigenvalue weighted by atomic mass is 9.89. The molecule has 0 aromatic heterocycles. The van der Waals surface area contributed by atoms with Gasteiger partial charge in [0.15, 0.2) is 11.5 Å². The van der Waals surface area contributed by atoms with Crippen molar-refractivity contribution >= 4 is 11.8 Å². The van der Waals surface area contributed by atoms with Gasteiger partial charge in [0.25, 0.3) is 0 Å². The van der Waals surface area contributed by atoms with Crippen molar-refractivity contribution in [3.05, 3.63) is 23.8 Å². The van der Waals surface area contributed by atoms with Gasteiger partial charge in [-0.1, -0.05) is 18.9 Å². The highest BCUT2D eigenvalue weighted by Crippen LogP contribution is 2.40. The molecule has 2 N–H and O–H groups in total. The summed E-state index contributed by atoms with van der Waals surface area (Å²) in [6.45, 7) is 0. The molecule has 2 aliphatic rings. The molecule has 0 spiro atoms. The van der Waals surface area contributed by atoms with E-state index in [0.29, 0.717) is 6.10 Å². The fraction of sp³-hybridized carbons (Fsp3) is 0.647. The van der Waals surface area contributed by atoms with Gasteiger partial charge in [0, 0.05) is 5.54 Å². The van der Waals surface area contributed by atoms with Gasteiger partial charge in [-0.25, -0.2) is 0 Å². The predicted molar refractivity (Wildman–Crippen MR) is 88.3 cm³/mol. The van der Waals surface area contributed by atoms with Crippen LogP contribution in [0.2, 0.25) is 0 Å². The molecule has 116 valence electrons. The third kappa shape index (κ3) is 3.32. The molecule has 21 heavy (non-hydrogen) atoms. The Bertz CT molecular complexity index is 480. The number of methoxy groups -OCH3 is 1. The van der Waals surface area contributed by atoms with Gasteiger partial charge in [-0.3, -0.25) is 0 Å². The summed E-state index contributed by atoms with van der Waals surface area (Å²) in [5.41, 5.74) is 7.60. The Kier molecular flexibility index (Phi) is 4.65. The molecule has 1 aliphatic heterocycles. The molecule has 1 saturated carbocycles. The van der Waals surface area contributed by atoms with Gasteiger partial charge in [-0.15, -0.1) is 0 Å². The van der Waals surface area contributed by atoms with E-state index < -0.39 is 0 Å². The highest BCUT2D eigenvalue weighted by Gasteiger charge is 2.32. The Morgan fingerprint density at radius 1 is 1.14 bits per heavy atom. The number of nitrogens with two attached hydrogens (primary N) is 1. The molecule has 1 heterocycles. The van der Waals surface area contributed by atoms with Crippen molar-refractivity contribution in [2.75, 3.05) is 18.6 Å². The molecule has 1 aromatic carbocycles. The number of hydrogen-bond donors (Lipinski definition) is 1. The maximum Gasteiger partial charge on any atom is 0.161 e. The first-order valence-corrected chi connectivity index (χ1v) is 9.08. The highest BCUT2D eigenvalue weighted by molar-refractivity contribution is 7.99. The maximum atomic E-state index is 6.57. The minimum atomic E-state index is -0.174. The molecular formula is C17H25NO2S. The van der Waals surface area contributed by atoms with Crippen LogP contribution < -0.4 is 15.2 Å². The molecule has 1 aliphatic carbocycles. The van der Waals surface area contributed by atoms with Crippen LogP contribution in [-0.4, -0.2) is 24.7 Å². The van der Waals surface area contributed by atoms with Crippen molar-refractivity contribution in [3.8, 4) is 11.5 Å². The first kappa shape index (κ1) is 15.0. The van der Waals surface area contributed by atoms with E-state index in [0.717, 1.165) is 37.2 Å². The van der Waals surface area contributed by atoms with Gasteiger partial charge in [0.1, 0.15) is 6.10 Å². The van der Waals surface area contributed by atoms with E-state index in [1.807, 2.05) is 17.8 Å². The second-order valence-corrected chi connectivity index (χ2v) is 7.38. The number of hydrogen-bond acceptors (Lipinski definition) is 4. The highest BCUT2D eigenvalue weighted by atomic mass is 32.2. The summed E-state index contributed by atoms with van der Waals surface area (Å²) < 4.78 is 11.7. The first-order valence-electron chi connectivity index (χ1n) is 7.93. The van der Waals surface area contributed by atoms with Crippen molar-refractivity contribution < 1.29 is 9.47 Å². The maximum absolute atomic E-state index is 6.57. The first-order chi connectivity index (χ1) is 10.2. The average molecular weight is 307 g/mol. The van der Waals surface area contributed by atoms with Crippen molar-refractivity contribution in [1.82, 2.24) is 0 Å². The molecule has 0 radical (unpaired) electrons. The lowest BCUT2D eigenvalue weighted by molar-refractivity contribution is 0.184. The molecule has 2 fully saturated rings. The van der Waals surface area contributed by atoms with E-state index in [9.17, 15) is 0 Å².